The molecule has 1 aliphatic rings. The van der Waals surface area contributed by atoms with Crippen LogP contribution < -0.4 is 15.4 Å². The molecule has 1 heterocycles. The van der Waals surface area contributed by atoms with Gasteiger partial charge in [-0.15, -0.1) is 0 Å². The van der Waals surface area contributed by atoms with E-state index in [1.54, 1.807) is 0 Å². The van der Waals surface area contributed by atoms with Crippen molar-refractivity contribution in [2.75, 3.05) is 13.1 Å². The average molecular weight is 296 g/mol. The molecule has 0 aromatic heterocycles. The number of hydrogen-bond acceptors (Lipinski definition) is 3. The molecule has 116 valence electrons. The summed E-state index contributed by atoms with van der Waals surface area (Å²) in [5.41, 5.74) is 2.49. The van der Waals surface area contributed by atoms with Gasteiger partial charge in [0.1, 0.15) is 12.4 Å². The Morgan fingerprint density at radius 1 is 1.00 bits per heavy atom. The summed E-state index contributed by atoms with van der Waals surface area (Å²) in [4.78, 5) is 0. The van der Waals surface area contributed by atoms with Crippen molar-refractivity contribution in [2.45, 2.75) is 32.0 Å². The molecule has 0 bridgehead atoms. The topological polar surface area (TPSA) is 33.3 Å². The highest BCUT2D eigenvalue weighted by Gasteiger charge is 2.12. The number of rotatable bonds is 7. The number of benzene rings is 2. The molecule has 3 nitrogen and oxygen atoms in total. The first-order valence-corrected chi connectivity index (χ1v) is 8.10. The fourth-order valence-electron chi connectivity index (χ4n) is 2.77. The third-order valence-corrected chi connectivity index (χ3v) is 4.05. The van der Waals surface area contributed by atoms with Crippen molar-refractivity contribution in [3.8, 4) is 5.75 Å². The van der Waals surface area contributed by atoms with Crippen LogP contribution in [0.15, 0.2) is 54.6 Å². The lowest BCUT2D eigenvalue weighted by Crippen LogP contribution is -2.33. The molecule has 1 fully saturated rings. The smallest absolute Gasteiger partial charge is 0.119 e. The van der Waals surface area contributed by atoms with Gasteiger partial charge in [0, 0.05) is 19.1 Å². The van der Waals surface area contributed by atoms with E-state index < -0.39 is 0 Å². The first-order chi connectivity index (χ1) is 10.9. The molecule has 0 aliphatic carbocycles. The third-order valence-electron chi connectivity index (χ3n) is 4.05. The lowest BCUT2D eigenvalue weighted by molar-refractivity contribution is 0.306. The second kappa shape index (κ2) is 7.97. The number of hydrogen-bond donors (Lipinski definition) is 2. The molecule has 2 aromatic carbocycles. The maximum absolute atomic E-state index is 5.80. The van der Waals surface area contributed by atoms with E-state index in [0.717, 1.165) is 18.8 Å². The maximum Gasteiger partial charge on any atom is 0.119 e. The van der Waals surface area contributed by atoms with Crippen LogP contribution in [0.1, 0.15) is 24.0 Å². The average Bonchev–Trinajstić information content (AvgIpc) is 3.08. The monoisotopic (exact) mass is 296 g/mol. The Bertz CT molecular complexity index is 547. The van der Waals surface area contributed by atoms with Crippen molar-refractivity contribution < 1.29 is 4.74 Å². The maximum atomic E-state index is 5.80. The molecular weight excluding hydrogens is 272 g/mol. The van der Waals surface area contributed by atoms with E-state index in [-0.39, 0.29) is 0 Å². The van der Waals surface area contributed by atoms with Crippen molar-refractivity contribution in [1.29, 1.82) is 0 Å². The molecule has 0 radical (unpaired) electrons. The second-order valence-corrected chi connectivity index (χ2v) is 5.84. The van der Waals surface area contributed by atoms with Crippen LogP contribution in [0.3, 0.4) is 0 Å². The minimum absolute atomic E-state index is 0.617. The van der Waals surface area contributed by atoms with Crippen LogP contribution in [0, 0.1) is 0 Å². The highest BCUT2D eigenvalue weighted by atomic mass is 16.5. The summed E-state index contributed by atoms with van der Waals surface area (Å²) in [6.07, 6.45) is 2.60. The van der Waals surface area contributed by atoms with E-state index in [1.807, 2.05) is 30.3 Å². The summed E-state index contributed by atoms with van der Waals surface area (Å²) in [7, 11) is 0. The lowest BCUT2D eigenvalue weighted by atomic mass is 10.2. The van der Waals surface area contributed by atoms with Gasteiger partial charge in [0.05, 0.1) is 0 Å². The Morgan fingerprint density at radius 3 is 2.55 bits per heavy atom. The van der Waals surface area contributed by atoms with Gasteiger partial charge in [0.2, 0.25) is 0 Å². The second-order valence-electron chi connectivity index (χ2n) is 5.84. The summed E-state index contributed by atoms with van der Waals surface area (Å²) in [6, 6.07) is 19.3. The van der Waals surface area contributed by atoms with Crippen LogP contribution in [0.25, 0.3) is 0 Å². The molecule has 0 amide bonds. The Balaban J connectivity index is 1.41. The molecule has 3 heteroatoms. The van der Waals surface area contributed by atoms with Gasteiger partial charge in [-0.1, -0.05) is 42.5 Å². The molecule has 3 rings (SSSR count). The number of nitrogens with one attached hydrogen (secondary N) is 2. The van der Waals surface area contributed by atoms with Gasteiger partial charge in [0.25, 0.3) is 0 Å². The van der Waals surface area contributed by atoms with Gasteiger partial charge in [0.15, 0.2) is 0 Å². The Hall–Kier alpha value is -1.84. The highest BCUT2D eigenvalue weighted by Crippen LogP contribution is 2.14. The van der Waals surface area contributed by atoms with Crippen LogP contribution in [0.4, 0.5) is 0 Å². The molecule has 2 N–H and O–H groups in total. The molecule has 22 heavy (non-hydrogen) atoms. The van der Waals surface area contributed by atoms with Gasteiger partial charge in [-0.05, 0) is 42.6 Å². The molecular formula is C19H24N2O. The molecule has 1 unspecified atom stereocenters. The van der Waals surface area contributed by atoms with Gasteiger partial charge in [-0.25, -0.2) is 0 Å². The Labute approximate surface area is 132 Å². The molecule has 1 saturated heterocycles. The van der Waals surface area contributed by atoms with Crippen molar-refractivity contribution >= 4 is 0 Å². The predicted molar refractivity (Wildman–Crippen MR) is 89.9 cm³/mol. The van der Waals surface area contributed by atoms with E-state index in [1.165, 1.54) is 30.5 Å². The minimum Gasteiger partial charge on any atom is -0.489 e. The van der Waals surface area contributed by atoms with Gasteiger partial charge >= 0.3 is 0 Å². The predicted octanol–water partition coefficient (Wildman–Crippen LogP) is 3.11. The molecule has 1 aliphatic heterocycles. The fraction of sp³-hybridized carbons (Fsp3) is 0.368. The summed E-state index contributed by atoms with van der Waals surface area (Å²) >= 11 is 0. The zero-order valence-electron chi connectivity index (χ0n) is 12.9. The lowest BCUT2D eigenvalue weighted by Gasteiger charge is -2.12. The summed E-state index contributed by atoms with van der Waals surface area (Å²) < 4.78 is 5.80. The van der Waals surface area contributed by atoms with E-state index in [0.29, 0.717) is 12.6 Å². The van der Waals surface area contributed by atoms with Crippen LogP contribution in [-0.2, 0) is 13.2 Å². The van der Waals surface area contributed by atoms with Crippen LogP contribution in [0.5, 0.6) is 5.75 Å². The molecule has 1 atom stereocenters. The first-order valence-electron chi connectivity index (χ1n) is 8.10. The van der Waals surface area contributed by atoms with E-state index in [4.69, 9.17) is 4.74 Å². The van der Waals surface area contributed by atoms with Crippen LogP contribution in [0.2, 0.25) is 0 Å². The van der Waals surface area contributed by atoms with Gasteiger partial charge in [-0.2, -0.15) is 0 Å². The van der Waals surface area contributed by atoms with Crippen molar-refractivity contribution in [3.63, 3.8) is 0 Å². The SMILES string of the molecule is c1ccc(COc2ccc(CNCC3CCCN3)cc2)cc1. The van der Waals surface area contributed by atoms with E-state index in [9.17, 15) is 0 Å². The fourth-order valence-corrected chi connectivity index (χ4v) is 2.77. The zero-order valence-corrected chi connectivity index (χ0v) is 12.9. The standard InChI is InChI=1S/C19H24N2O/c1-2-5-17(6-3-1)15-22-19-10-8-16(9-11-19)13-20-14-18-7-4-12-21-18/h1-3,5-6,8-11,18,20-21H,4,7,12-15H2. The minimum atomic E-state index is 0.617. The summed E-state index contributed by atoms with van der Waals surface area (Å²) in [5, 5.41) is 7.02. The van der Waals surface area contributed by atoms with E-state index >= 15 is 0 Å². The Kier molecular flexibility index (Phi) is 5.46. The first kappa shape index (κ1) is 15.1. The van der Waals surface area contributed by atoms with Crippen LogP contribution in [-0.4, -0.2) is 19.1 Å². The van der Waals surface area contributed by atoms with Crippen molar-refractivity contribution in [1.82, 2.24) is 10.6 Å². The Morgan fingerprint density at radius 2 is 1.82 bits per heavy atom. The molecule has 0 spiro atoms. The van der Waals surface area contributed by atoms with Crippen molar-refractivity contribution in [3.05, 3.63) is 65.7 Å². The summed E-state index contributed by atoms with van der Waals surface area (Å²) in [6.45, 7) is 3.75. The molecule has 2 aromatic rings. The summed E-state index contributed by atoms with van der Waals surface area (Å²) in [5.74, 6) is 0.921. The van der Waals surface area contributed by atoms with Crippen molar-refractivity contribution in [2.24, 2.45) is 0 Å². The molecule has 0 saturated carbocycles. The third kappa shape index (κ3) is 4.58. The normalized spacial score (nSPS) is 17.5. The zero-order chi connectivity index (χ0) is 15.0. The van der Waals surface area contributed by atoms with E-state index in [2.05, 4.69) is 34.9 Å². The van der Waals surface area contributed by atoms with Gasteiger partial charge in [-0.3, -0.25) is 0 Å². The highest BCUT2D eigenvalue weighted by molar-refractivity contribution is 5.27. The number of ether oxygens (including phenoxy) is 1. The van der Waals surface area contributed by atoms with Crippen LogP contribution >= 0.6 is 0 Å². The van der Waals surface area contributed by atoms with Gasteiger partial charge < -0.3 is 15.4 Å². The largest absolute Gasteiger partial charge is 0.489 e. The quantitative estimate of drug-likeness (QED) is 0.823.